The van der Waals surface area contributed by atoms with Crippen LogP contribution in [0.25, 0.3) is 0 Å². The van der Waals surface area contributed by atoms with Crippen molar-refractivity contribution in [2.75, 3.05) is 13.1 Å². The van der Waals surface area contributed by atoms with Crippen LogP contribution in [0.1, 0.15) is 32.1 Å². The molecule has 4 N–H and O–H groups in total. The lowest BCUT2D eigenvalue weighted by Crippen LogP contribution is -2.24. The normalized spacial score (nSPS) is 9.79. The highest BCUT2D eigenvalue weighted by Crippen LogP contribution is 1.93. The van der Waals surface area contributed by atoms with Gasteiger partial charge in [0, 0.05) is 19.4 Å². The molecule has 0 bridgehead atoms. The summed E-state index contributed by atoms with van der Waals surface area (Å²) in [7, 11) is 0. The van der Waals surface area contributed by atoms with Crippen LogP contribution in [0.15, 0.2) is 0 Å². The number of amides is 1. The first-order valence-electron chi connectivity index (χ1n) is 4.85. The van der Waals surface area contributed by atoms with Crippen molar-refractivity contribution >= 4 is 11.9 Å². The predicted molar refractivity (Wildman–Crippen MR) is 52.8 cm³/mol. The fraction of sp³-hybridized carbons (Fsp3) is 0.778. The quantitative estimate of drug-likeness (QED) is 0.486. The van der Waals surface area contributed by atoms with Gasteiger partial charge in [-0.2, -0.15) is 0 Å². The van der Waals surface area contributed by atoms with Crippen LogP contribution < -0.4 is 11.1 Å². The van der Waals surface area contributed by atoms with Crippen molar-refractivity contribution in [3.63, 3.8) is 0 Å². The van der Waals surface area contributed by atoms with Crippen LogP contribution in [-0.4, -0.2) is 30.1 Å². The zero-order valence-electron chi connectivity index (χ0n) is 8.29. The summed E-state index contributed by atoms with van der Waals surface area (Å²) >= 11 is 0. The van der Waals surface area contributed by atoms with E-state index < -0.39 is 5.97 Å². The molecule has 0 atom stereocenters. The molecule has 0 saturated carbocycles. The van der Waals surface area contributed by atoms with Gasteiger partial charge in [-0.1, -0.05) is 0 Å². The molecule has 0 heterocycles. The van der Waals surface area contributed by atoms with Crippen LogP contribution in [0.5, 0.6) is 0 Å². The first-order valence-corrected chi connectivity index (χ1v) is 4.85. The van der Waals surface area contributed by atoms with Gasteiger partial charge in [-0.05, 0) is 25.8 Å². The summed E-state index contributed by atoms with van der Waals surface area (Å²) in [5, 5.41) is 11.0. The average molecular weight is 202 g/mol. The number of carbonyl (C=O) groups is 2. The number of carboxylic acid groups (broad SMARTS) is 1. The average Bonchev–Trinajstić information content (AvgIpc) is 2.13. The molecule has 0 aromatic rings. The van der Waals surface area contributed by atoms with E-state index in [1.807, 2.05) is 0 Å². The number of unbranched alkanes of at least 4 members (excludes halogenated alkanes) is 1. The third kappa shape index (κ3) is 8.99. The molecule has 0 saturated heterocycles. The Morgan fingerprint density at radius 1 is 1.14 bits per heavy atom. The van der Waals surface area contributed by atoms with Gasteiger partial charge in [-0.15, -0.1) is 0 Å². The standard InChI is InChI=1S/C9H18N2O3/c10-6-2-1-4-8(12)11-7-3-5-9(13)14/h1-7,10H2,(H,11,12)(H,13,14). The maximum atomic E-state index is 11.1. The molecule has 0 aliphatic rings. The van der Waals surface area contributed by atoms with Gasteiger partial charge in [-0.3, -0.25) is 9.59 Å². The van der Waals surface area contributed by atoms with E-state index in [1.54, 1.807) is 0 Å². The van der Waals surface area contributed by atoms with E-state index in [1.165, 1.54) is 0 Å². The van der Waals surface area contributed by atoms with Gasteiger partial charge in [0.25, 0.3) is 0 Å². The van der Waals surface area contributed by atoms with Gasteiger partial charge >= 0.3 is 5.97 Å². The van der Waals surface area contributed by atoms with Crippen molar-refractivity contribution in [2.45, 2.75) is 32.1 Å². The van der Waals surface area contributed by atoms with Crippen LogP contribution in [-0.2, 0) is 9.59 Å². The van der Waals surface area contributed by atoms with E-state index >= 15 is 0 Å². The Bertz CT molecular complexity index is 183. The van der Waals surface area contributed by atoms with Crippen molar-refractivity contribution in [3.05, 3.63) is 0 Å². The number of nitrogens with two attached hydrogens (primary N) is 1. The molecule has 14 heavy (non-hydrogen) atoms. The van der Waals surface area contributed by atoms with E-state index in [-0.39, 0.29) is 12.3 Å². The Hall–Kier alpha value is -1.10. The molecule has 0 aliphatic heterocycles. The number of carboxylic acids is 1. The van der Waals surface area contributed by atoms with Crippen molar-refractivity contribution in [1.82, 2.24) is 5.32 Å². The Kier molecular flexibility index (Phi) is 7.83. The monoisotopic (exact) mass is 202 g/mol. The molecular formula is C9H18N2O3. The highest BCUT2D eigenvalue weighted by molar-refractivity contribution is 5.75. The minimum Gasteiger partial charge on any atom is -0.481 e. The summed E-state index contributed by atoms with van der Waals surface area (Å²) in [5.74, 6) is -0.855. The summed E-state index contributed by atoms with van der Waals surface area (Å²) in [5.41, 5.74) is 5.27. The summed E-state index contributed by atoms with van der Waals surface area (Å²) in [4.78, 5) is 21.2. The lowest BCUT2D eigenvalue weighted by molar-refractivity contribution is -0.137. The van der Waals surface area contributed by atoms with Crippen LogP contribution in [0.3, 0.4) is 0 Å². The second-order valence-corrected chi connectivity index (χ2v) is 3.09. The molecular weight excluding hydrogens is 184 g/mol. The molecule has 0 aromatic heterocycles. The van der Waals surface area contributed by atoms with E-state index in [9.17, 15) is 9.59 Å². The molecule has 1 amide bonds. The second-order valence-electron chi connectivity index (χ2n) is 3.09. The van der Waals surface area contributed by atoms with Crippen LogP contribution in [0.2, 0.25) is 0 Å². The van der Waals surface area contributed by atoms with Gasteiger partial charge in [0.2, 0.25) is 5.91 Å². The van der Waals surface area contributed by atoms with Crippen LogP contribution in [0.4, 0.5) is 0 Å². The number of aliphatic carboxylic acids is 1. The maximum absolute atomic E-state index is 11.1. The van der Waals surface area contributed by atoms with Crippen LogP contribution >= 0.6 is 0 Å². The third-order valence-electron chi connectivity index (χ3n) is 1.75. The first kappa shape index (κ1) is 12.9. The van der Waals surface area contributed by atoms with Gasteiger partial charge in [0.05, 0.1) is 0 Å². The molecule has 0 spiro atoms. The number of hydrogen-bond acceptors (Lipinski definition) is 3. The van der Waals surface area contributed by atoms with Gasteiger partial charge in [0.15, 0.2) is 0 Å². The molecule has 0 aliphatic carbocycles. The van der Waals surface area contributed by atoms with E-state index in [0.29, 0.717) is 25.9 Å². The Labute approximate surface area is 83.7 Å². The summed E-state index contributed by atoms with van der Waals surface area (Å²) in [6.45, 7) is 1.04. The fourth-order valence-corrected chi connectivity index (χ4v) is 0.986. The molecule has 0 radical (unpaired) electrons. The molecule has 0 unspecified atom stereocenters. The number of nitrogens with one attached hydrogen (secondary N) is 1. The molecule has 0 aromatic carbocycles. The third-order valence-corrected chi connectivity index (χ3v) is 1.75. The zero-order valence-corrected chi connectivity index (χ0v) is 8.29. The predicted octanol–water partition coefficient (Wildman–Crippen LogP) is 0.0964. The largest absolute Gasteiger partial charge is 0.481 e. The fourth-order valence-electron chi connectivity index (χ4n) is 0.986. The van der Waals surface area contributed by atoms with Gasteiger partial charge in [0.1, 0.15) is 0 Å². The summed E-state index contributed by atoms with van der Waals surface area (Å²) in [6, 6.07) is 0. The second kappa shape index (κ2) is 8.50. The molecule has 82 valence electrons. The first-order chi connectivity index (χ1) is 6.66. The molecule has 0 rings (SSSR count). The molecule has 5 nitrogen and oxygen atoms in total. The van der Waals surface area contributed by atoms with Crippen molar-refractivity contribution in [3.8, 4) is 0 Å². The highest BCUT2D eigenvalue weighted by Gasteiger charge is 2.00. The van der Waals surface area contributed by atoms with Crippen molar-refractivity contribution in [2.24, 2.45) is 5.73 Å². The molecule has 5 heteroatoms. The van der Waals surface area contributed by atoms with Gasteiger partial charge in [-0.25, -0.2) is 0 Å². The number of carbonyl (C=O) groups excluding carboxylic acids is 1. The Balaban J connectivity index is 3.22. The smallest absolute Gasteiger partial charge is 0.303 e. The summed E-state index contributed by atoms with van der Waals surface area (Å²) in [6.07, 6.45) is 2.70. The van der Waals surface area contributed by atoms with Crippen molar-refractivity contribution in [1.29, 1.82) is 0 Å². The van der Waals surface area contributed by atoms with Crippen molar-refractivity contribution < 1.29 is 14.7 Å². The lowest BCUT2D eigenvalue weighted by atomic mass is 10.2. The lowest BCUT2D eigenvalue weighted by Gasteiger charge is -2.03. The summed E-state index contributed by atoms with van der Waals surface area (Å²) < 4.78 is 0. The van der Waals surface area contributed by atoms with E-state index in [2.05, 4.69) is 5.32 Å². The molecule has 0 fully saturated rings. The van der Waals surface area contributed by atoms with Gasteiger partial charge < -0.3 is 16.2 Å². The maximum Gasteiger partial charge on any atom is 0.303 e. The number of hydrogen-bond donors (Lipinski definition) is 3. The van der Waals surface area contributed by atoms with E-state index in [4.69, 9.17) is 10.8 Å². The van der Waals surface area contributed by atoms with E-state index in [0.717, 1.165) is 12.8 Å². The zero-order chi connectivity index (χ0) is 10.8. The minimum absolute atomic E-state index is 0.0242. The minimum atomic E-state index is -0.831. The Morgan fingerprint density at radius 3 is 2.43 bits per heavy atom. The number of rotatable bonds is 8. The SMILES string of the molecule is NCCCCC(=O)NCCCC(=O)O. The highest BCUT2D eigenvalue weighted by atomic mass is 16.4. The Morgan fingerprint density at radius 2 is 1.86 bits per heavy atom. The van der Waals surface area contributed by atoms with Crippen LogP contribution in [0, 0.1) is 0 Å². The topological polar surface area (TPSA) is 92.4 Å².